The zero-order chi connectivity index (χ0) is 29.3. The number of aryl methyl sites for hydroxylation is 2. The minimum absolute atomic E-state index is 0.0774. The molecule has 12 heteroatoms. The first kappa shape index (κ1) is 28.0. The summed E-state index contributed by atoms with van der Waals surface area (Å²) in [6.45, 7) is 3.62. The van der Waals surface area contributed by atoms with Gasteiger partial charge < -0.3 is 40.3 Å². The number of nitrogens with zero attached hydrogens (tertiary/aromatic N) is 2. The van der Waals surface area contributed by atoms with E-state index in [1.54, 1.807) is 44.2 Å². The van der Waals surface area contributed by atoms with Crippen LogP contribution in [0, 0.1) is 6.92 Å². The van der Waals surface area contributed by atoms with E-state index < -0.39 is 12.1 Å². The summed E-state index contributed by atoms with van der Waals surface area (Å²) in [7, 11) is 1.50. The quantitative estimate of drug-likeness (QED) is 0.347. The van der Waals surface area contributed by atoms with E-state index in [0.29, 0.717) is 47.2 Å². The lowest BCUT2D eigenvalue weighted by Gasteiger charge is -2.27. The van der Waals surface area contributed by atoms with Crippen molar-refractivity contribution in [2.24, 2.45) is 5.73 Å². The number of amides is 3. The Bertz CT molecular complexity index is 1490. The van der Waals surface area contributed by atoms with E-state index in [1.165, 1.54) is 18.1 Å². The molecule has 6 rings (SSSR count). The van der Waals surface area contributed by atoms with Gasteiger partial charge in [-0.1, -0.05) is 6.07 Å². The molecule has 2 aromatic carbocycles. The Morgan fingerprint density at radius 3 is 2.71 bits per heavy atom. The third-order valence-electron chi connectivity index (χ3n) is 7.29. The molecule has 4 heterocycles. The molecule has 1 saturated heterocycles. The van der Waals surface area contributed by atoms with Crippen molar-refractivity contribution in [2.75, 3.05) is 13.7 Å². The Hall–Kier alpha value is -4.58. The van der Waals surface area contributed by atoms with Crippen LogP contribution in [0.15, 0.2) is 40.8 Å². The number of carbonyl (C=O) groups is 3. The van der Waals surface area contributed by atoms with E-state index in [1.807, 2.05) is 0 Å². The summed E-state index contributed by atoms with van der Waals surface area (Å²) in [6, 6.07) is 7.97. The van der Waals surface area contributed by atoms with Crippen molar-refractivity contribution >= 4 is 17.7 Å². The Balaban J connectivity index is 1.49. The molecule has 41 heavy (non-hydrogen) atoms. The van der Waals surface area contributed by atoms with Gasteiger partial charge in [-0.25, -0.2) is 4.98 Å². The Labute approximate surface area is 236 Å². The maximum absolute atomic E-state index is 13.2. The predicted octanol–water partition coefficient (Wildman–Crippen LogP) is 2.15. The van der Waals surface area contributed by atoms with Gasteiger partial charge >= 0.3 is 0 Å². The molecule has 6 bridgehead atoms. The van der Waals surface area contributed by atoms with Gasteiger partial charge in [0, 0.05) is 24.6 Å². The van der Waals surface area contributed by atoms with Crippen molar-refractivity contribution in [1.29, 1.82) is 0 Å². The number of nitrogens with two attached hydrogens (primary N) is 1. The topological polar surface area (TPSA) is 169 Å². The number of aromatic hydroxyl groups is 1. The molecular weight excluding hydrogens is 530 g/mol. The molecule has 3 aliphatic rings. The van der Waals surface area contributed by atoms with Crippen LogP contribution < -0.4 is 25.8 Å². The molecule has 216 valence electrons. The molecule has 3 amide bonds. The number of ether oxygens (including phenoxy) is 2. The van der Waals surface area contributed by atoms with Gasteiger partial charge in [0.15, 0.2) is 23.0 Å². The van der Waals surface area contributed by atoms with Crippen molar-refractivity contribution in [3.05, 3.63) is 53.4 Å². The fraction of sp³-hybridized carbons (Fsp3) is 0.379. The third kappa shape index (κ3) is 5.97. The number of benzene rings is 2. The number of phenols is 1. The van der Waals surface area contributed by atoms with Crippen molar-refractivity contribution < 1.29 is 33.4 Å². The van der Waals surface area contributed by atoms with E-state index in [-0.39, 0.29) is 54.8 Å². The average Bonchev–Trinajstić information content (AvgIpc) is 3.53. The highest BCUT2D eigenvalue weighted by Crippen LogP contribution is 2.39. The number of phenolic OH excluding ortho intramolecular Hbond substituents is 1. The van der Waals surface area contributed by atoms with Gasteiger partial charge in [0.1, 0.15) is 23.5 Å². The summed E-state index contributed by atoms with van der Waals surface area (Å²) in [4.78, 5) is 45.1. The largest absolute Gasteiger partial charge is 0.504 e. The molecule has 3 aliphatic heterocycles. The van der Waals surface area contributed by atoms with E-state index >= 15 is 0 Å². The van der Waals surface area contributed by atoms with Crippen LogP contribution in [-0.2, 0) is 27.3 Å². The number of hydrogen-bond acceptors (Lipinski definition) is 9. The number of aromatic nitrogens is 1. The van der Waals surface area contributed by atoms with Gasteiger partial charge in [-0.3, -0.25) is 14.4 Å². The van der Waals surface area contributed by atoms with Gasteiger partial charge in [-0.2, -0.15) is 0 Å². The highest BCUT2D eigenvalue weighted by molar-refractivity contribution is 5.92. The number of hydrogen-bond donors (Lipinski definition) is 4. The highest BCUT2D eigenvalue weighted by Gasteiger charge is 2.40. The molecule has 0 saturated carbocycles. The smallest absolute Gasteiger partial charge is 0.245 e. The van der Waals surface area contributed by atoms with Crippen molar-refractivity contribution in [3.8, 4) is 34.5 Å². The zero-order valence-electron chi connectivity index (χ0n) is 23.1. The second-order valence-electron chi connectivity index (χ2n) is 10.3. The fourth-order valence-electron chi connectivity index (χ4n) is 5.05. The van der Waals surface area contributed by atoms with Crippen LogP contribution in [0.1, 0.15) is 36.8 Å². The van der Waals surface area contributed by atoms with Crippen LogP contribution in [0.2, 0.25) is 0 Å². The van der Waals surface area contributed by atoms with Crippen LogP contribution in [0.4, 0.5) is 0 Å². The summed E-state index contributed by atoms with van der Waals surface area (Å²) < 4.78 is 17.4. The lowest BCUT2D eigenvalue weighted by Crippen LogP contribution is -2.52. The molecular formula is C29H33N5O7. The molecule has 5 N–H and O–H groups in total. The second kappa shape index (κ2) is 11.5. The van der Waals surface area contributed by atoms with Gasteiger partial charge in [-0.05, 0) is 62.6 Å². The standard InChI is InChI=1S/C29H33N5O7/c1-15-29(38)34-14-19(30)12-21(34)27(37)31-13-20-16(2)40-28(33-20)18-6-8-23(25(11-18)39-3)41-24-10-17(4-7-22(24)35)5-9-26(36)32-15/h4,6-8,10-11,15,19,21,35H,5,9,12-14,30H2,1-3H3,(H,31,37)(H,32,36)/t15-,19+,21+/m1/s1. The monoisotopic (exact) mass is 563 g/mol. The second-order valence-corrected chi connectivity index (χ2v) is 10.3. The molecule has 3 aromatic rings. The summed E-state index contributed by atoms with van der Waals surface area (Å²) in [5, 5.41) is 16.0. The van der Waals surface area contributed by atoms with Crippen LogP contribution in [0.5, 0.6) is 23.0 Å². The van der Waals surface area contributed by atoms with E-state index in [0.717, 1.165) is 5.56 Å². The van der Waals surface area contributed by atoms with Gasteiger partial charge in [0.2, 0.25) is 23.6 Å². The molecule has 0 unspecified atom stereocenters. The van der Waals surface area contributed by atoms with E-state index in [4.69, 9.17) is 19.6 Å². The molecule has 3 atom stereocenters. The maximum atomic E-state index is 13.2. The summed E-state index contributed by atoms with van der Waals surface area (Å²) in [5.41, 5.74) is 8.02. The Kier molecular flexibility index (Phi) is 7.84. The van der Waals surface area contributed by atoms with Crippen molar-refractivity contribution in [3.63, 3.8) is 0 Å². The lowest BCUT2D eigenvalue weighted by molar-refractivity contribution is -0.141. The Morgan fingerprint density at radius 1 is 1.12 bits per heavy atom. The van der Waals surface area contributed by atoms with Crippen LogP contribution in [0.25, 0.3) is 11.5 Å². The number of fused-ring (bicyclic) bond motifs is 9. The minimum atomic E-state index is -0.852. The van der Waals surface area contributed by atoms with Crippen LogP contribution >= 0.6 is 0 Å². The lowest BCUT2D eigenvalue weighted by atomic mass is 10.1. The highest BCUT2D eigenvalue weighted by atomic mass is 16.5. The van der Waals surface area contributed by atoms with Gasteiger partial charge in [-0.15, -0.1) is 0 Å². The molecule has 1 fully saturated rings. The molecule has 1 aromatic heterocycles. The summed E-state index contributed by atoms with van der Waals surface area (Å²) in [6.07, 6.45) is 0.740. The molecule has 12 nitrogen and oxygen atoms in total. The minimum Gasteiger partial charge on any atom is -0.504 e. The first-order chi connectivity index (χ1) is 19.6. The SMILES string of the molecule is COc1cc2ccc1Oc1cc(ccc1O)CCC(=O)N[C@H](C)C(=O)N1C[C@@H](N)C[C@H]1C(=O)NCc1nc-2oc1C. The number of oxazole rings is 1. The van der Waals surface area contributed by atoms with Crippen LogP contribution in [-0.4, -0.2) is 64.5 Å². The van der Waals surface area contributed by atoms with Gasteiger partial charge in [0.25, 0.3) is 0 Å². The van der Waals surface area contributed by atoms with Crippen molar-refractivity contribution in [2.45, 2.75) is 57.8 Å². The average molecular weight is 564 g/mol. The van der Waals surface area contributed by atoms with E-state index in [2.05, 4.69) is 15.6 Å². The number of carbonyl (C=O) groups excluding carboxylic acids is 3. The molecule has 0 spiro atoms. The Morgan fingerprint density at radius 2 is 1.93 bits per heavy atom. The summed E-state index contributed by atoms with van der Waals surface area (Å²) >= 11 is 0. The number of nitrogens with one attached hydrogen (secondary N) is 2. The first-order valence-corrected chi connectivity index (χ1v) is 13.4. The maximum Gasteiger partial charge on any atom is 0.245 e. The predicted molar refractivity (Wildman–Crippen MR) is 147 cm³/mol. The summed E-state index contributed by atoms with van der Waals surface area (Å²) in [5.74, 6) is 0.630. The van der Waals surface area contributed by atoms with Gasteiger partial charge in [0.05, 0.1) is 13.7 Å². The van der Waals surface area contributed by atoms with Crippen LogP contribution in [0.3, 0.4) is 0 Å². The third-order valence-corrected chi connectivity index (χ3v) is 7.29. The first-order valence-electron chi connectivity index (χ1n) is 13.4. The number of methoxy groups -OCH3 is 1. The fourth-order valence-corrected chi connectivity index (χ4v) is 5.05. The zero-order valence-corrected chi connectivity index (χ0v) is 23.1. The number of rotatable bonds is 1. The molecule has 0 radical (unpaired) electrons. The normalized spacial score (nSPS) is 21.7. The van der Waals surface area contributed by atoms with E-state index in [9.17, 15) is 19.5 Å². The van der Waals surface area contributed by atoms with Crippen molar-refractivity contribution in [1.82, 2.24) is 20.5 Å². The molecule has 0 aliphatic carbocycles.